The van der Waals surface area contributed by atoms with Crippen molar-refractivity contribution in [2.24, 2.45) is 5.92 Å². The van der Waals surface area contributed by atoms with Crippen LogP contribution in [0.15, 0.2) is 17.5 Å². The van der Waals surface area contributed by atoms with Crippen LogP contribution in [-0.4, -0.2) is 18.1 Å². The summed E-state index contributed by atoms with van der Waals surface area (Å²) in [5, 5.41) is 5.98. The Balaban J connectivity index is 1.81. The lowest BCUT2D eigenvalue weighted by atomic mass is 10.0. The lowest BCUT2D eigenvalue weighted by molar-refractivity contribution is 0.419. The Morgan fingerprint density at radius 3 is 3.12 bits per heavy atom. The zero-order chi connectivity index (χ0) is 11.9. The van der Waals surface area contributed by atoms with Gasteiger partial charge in [0.15, 0.2) is 0 Å². The topological polar surface area (TPSA) is 12.0 Å². The fourth-order valence-electron chi connectivity index (χ4n) is 2.40. The van der Waals surface area contributed by atoms with Gasteiger partial charge in [-0.2, -0.15) is 11.8 Å². The molecule has 2 rings (SSSR count). The second-order valence-electron chi connectivity index (χ2n) is 4.85. The van der Waals surface area contributed by atoms with E-state index in [-0.39, 0.29) is 0 Å². The highest BCUT2D eigenvalue weighted by Crippen LogP contribution is 2.26. The van der Waals surface area contributed by atoms with Crippen LogP contribution in [0.1, 0.15) is 43.5 Å². The Labute approximate surface area is 113 Å². The summed E-state index contributed by atoms with van der Waals surface area (Å²) < 4.78 is 0. The average Bonchev–Trinajstić information content (AvgIpc) is 2.89. The number of hydrogen-bond acceptors (Lipinski definition) is 3. The smallest absolute Gasteiger partial charge is 0.0414 e. The van der Waals surface area contributed by atoms with Crippen LogP contribution in [0.5, 0.6) is 0 Å². The van der Waals surface area contributed by atoms with E-state index in [2.05, 4.69) is 41.5 Å². The van der Waals surface area contributed by atoms with E-state index in [1.165, 1.54) is 48.6 Å². The Kier molecular flexibility index (Phi) is 5.89. The molecule has 1 aliphatic heterocycles. The molecule has 17 heavy (non-hydrogen) atoms. The fraction of sp³-hybridized carbons (Fsp3) is 0.714. The van der Waals surface area contributed by atoms with Crippen LogP contribution in [0.4, 0.5) is 0 Å². The van der Waals surface area contributed by atoms with Crippen molar-refractivity contribution in [1.82, 2.24) is 5.32 Å². The molecule has 2 unspecified atom stereocenters. The molecule has 1 aromatic rings. The van der Waals surface area contributed by atoms with E-state index >= 15 is 0 Å². The third-order valence-electron chi connectivity index (χ3n) is 3.37. The number of nitrogens with one attached hydrogen (secondary N) is 1. The van der Waals surface area contributed by atoms with Crippen molar-refractivity contribution in [3.63, 3.8) is 0 Å². The van der Waals surface area contributed by atoms with Crippen molar-refractivity contribution < 1.29 is 0 Å². The first-order valence-electron chi connectivity index (χ1n) is 6.74. The largest absolute Gasteiger partial charge is 0.309 e. The van der Waals surface area contributed by atoms with E-state index in [4.69, 9.17) is 0 Å². The van der Waals surface area contributed by atoms with Gasteiger partial charge in [-0.05, 0) is 54.7 Å². The van der Waals surface area contributed by atoms with Crippen LogP contribution in [0.25, 0.3) is 0 Å². The van der Waals surface area contributed by atoms with Crippen LogP contribution in [0.2, 0.25) is 0 Å². The maximum Gasteiger partial charge on any atom is 0.0414 e. The molecule has 1 nitrogen and oxygen atoms in total. The van der Waals surface area contributed by atoms with E-state index in [1.807, 2.05) is 11.3 Å². The predicted molar refractivity (Wildman–Crippen MR) is 80.0 cm³/mol. The predicted octanol–water partition coefficient (Wildman–Crippen LogP) is 4.32. The lowest BCUT2D eigenvalue weighted by Gasteiger charge is -2.24. The van der Waals surface area contributed by atoms with Gasteiger partial charge in [0.25, 0.3) is 0 Å². The molecule has 96 valence electrons. The Morgan fingerprint density at radius 1 is 1.53 bits per heavy atom. The standard InChI is InChI=1S/C14H23NS2/c1-2-5-13(14-7-4-9-17-14)15-10-12-6-3-8-16-11-12/h4,7,9,12-13,15H,2-3,5-6,8,10-11H2,1H3. The molecule has 0 radical (unpaired) electrons. The number of rotatable bonds is 6. The van der Waals surface area contributed by atoms with Crippen molar-refractivity contribution >= 4 is 23.1 Å². The summed E-state index contributed by atoms with van der Waals surface area (Å²) in [6.07, 6.45) is 5.35. The fourth-order valence-corrected chi connectivity index (χ4v) is 4.39. The van der Waals surface area contributed by atoms with Gasteiger partial charge in [0, 0.05) is 10.9 Å². The van der Waals surface area contributed by atoms with Crippen molar-refractivity contribution in [1.29, 1.82) is 0 Å². The number of hydrogen-bond donors (Lipinski definition) is 1. The number of thiophene rings is 1. The summed E-state index contributed by atoms with van der Waals surface area (Å²) in [6.45, 7) is 3.48. The normalized spacial score (nSPS) is 22.5. The van der Waals surface area contributed by atoms with Crippen LogP contribution < -0.4 is 5.32 Å². The van der Waals surface area contributed by atoms with E-state index < -0.39 is 0 Å². The molecular weight excluding hydrogens is 246 g/mol. The minimum Gasteiger partial charge on any atom is -0.309 e. The van der Waals surface area contributed by atoms with E-state index in [0.717, 1.165) is 5.92 Å². The van der Waals surface area contributed by atoms with E-state index in [1.54, 1.807) is 0 Å². The van der Waals surface area contributed by atoms with E-state index in [9.17, 15) is 0 Å². The molecule has 0 aliphatic carbocycles. The molecular formula is C14H23NS2. The zero-order valence-electron chi connectivity index (χ0n) is 10.7. The van der Waals surface area contributed by atoms with Gasteiger partial charge in [-0.3, -0.25) is 0 Å². The molecule has 2 atom stereocenters. The molecule has 1 saturated heterocycles. The SMILES string of the molecule is CCCC(NCC1CCCSC1)c1cccs1. The Bertz CT molecular complexity index is 291. The molecule has 1 fully saturated rings. The molecule has 0 spiro atoms. The maximum absolute atomic E-state index is 3.79. The minimum absolute atomic E-state index is 0.590. The first kappa shape index (κ1) is 13.4. The van der Waals surface area contributed by atoms with Gasteiger partial charge in [-0.1, -0.05) is 19.4 Å². The molecule has 0 bridgehead atoms. The molecule has 0 aromatic carbocycles. The van der Waals surface area contributed by atoms with Crippen LogP contribution in [0.3, 0.4) is 0 Å². The van der Waals surface area contributed by atoms with Crippen molar-refractivity contribution in [2.75, 3.05) is 18.1 Å². The molecule has 1 aromatic heterocycles. The molecule has 2 heterocycles. The summed E-state index contributed by atoms with van der Waals surface area (Å²) in [7, 11) is 0. The molecule has 3 heteroatoms. The van der Waals surface area contributed by atoms with Gasteiger partial charge in [-0.15, -0.1) is 11.3 Å². The highest BCUT2D eigenvalue weighted by Gasteiger charge is 2.16. The maximum atomic E-state index is 3.79. The van der Waals surface area contributed by atoms with Crippen LogP contribution in [0, 0.1) is 5.92 Å². The summed E-state index contributed by atoms with van der Waals surface area (Å²) in [5.41, 5.74) is 0. The number of thioether (sulfide) groups is 1. The van der Waals surface area contributed by atoms with Gasteiger partial charge < -0.3 is 5.32 Å². The van der Waals surface area contributed by atoms with Crippen molar-refractivity contribution in [3.8, 4) is 0 Å². The second kappa shape index (κ2) is 7.45. The third-order valence-corrected chi connectivity index (χ3v) is 5.64. The minimum atomic E-state index is 0.590. The first-order chi connectivity index (χ1) is 8.40. The van der Waals surface area contributed by atoms with Crippen molar-refractivity contribution in [3.05, 3.63) is 22.4 Å². The Hall–Kier alpha value is 0.01000. The first-order valence-corrected chi connectivity index (χ1v) is 8.78. The zero-order valence-corrected chi connectivity index (χ0v) is 12.3. The van der Waals surface area contributed by atoms with Crippen molar-refractivity contribution in [2.45, 2.75) is 38.6 Å². The van der Waals surface area contributed by atoms with Crippen LogP contribution in [-0.2, 0) is 0 Å². The van der Waals surface area contributed by atoms with Crippen LogP contribution >= 0.6 is 23.1 Å². The average molecular weight is 269 g/mol. The van der Waals surface area contributed by atoms with Gasteiger partial charge in [0.05, 0.1) is 0 Å². The monoisotopic (exact) mass is 269 g/mol. The van der Waals surface area contributed by atoms with Gasteiger partial charge >= 0.3 is 0 Å². The lowest BCUT2D eigenvalue weighted by Crippen LogP contribution is -2.29. The Morgan fingerprint density at radius 2 is 2.47 bits per heavy atom. The molecule has 0 amide bonds. The molecule has 1 N–H and O–H groups in total. The second-order valence-corrected chi connectivity index (χ2v) is 6.98. The molecule has 1 aliphatic rings. The highest BCUT2D eigenvalue weighted by molar-refractivity contribution is 7.99. The summed E-state index contributed by atoms with van der Waals surface area (Å²) >= 11 is 4.02. The van der Waals surface area contributed by atoms with E-state index in [0.29, 0.717) is 6.04 Å². The van der Waals surface area contributed by atoms with Gasteiger partial charge in [0.2, 0.25) is 0 Å². The summed E-state index contributed by atoms with van der Waals surface area (Å²) in [4.78, 5) is 1.51. The van der Waals surface area contributed by atoms with Gasteiger partial charge in [0.1, 0.15) is 0 Å². The van der Waals surface area contributed by atoms with Gasteiger partial charge in [-0.25, -0.2) is 0 Å². The molecule has 0 saturated carbocycles. The summed E-state index contributed by atoms with van der Waals surface area (Å²) in [6, 6.07) is 5.03. The third kappa shape index (κ3) is 4.31. The summed E-state index contributed by atoms with van der Waals surface area (Å²) in [5.74, 6) is 3.63. The highest BCUT2D eigenvalue weighted by atomic mass is 32.2. The quantitative estimate of drug-likeness (QED) is 0.825.